The third-order valence-corrected chi connectivity index (χ3v) is 4.20. The highest BCUT2D eigenvalue weighted by molar-refractivity contribution is 7.98. The Morgan fingerprint density at radius 1 is 1.36 bits per heavy atom. The number of nitrogen functional groups attached to an aromatic ring is 1. The van der Waals surface area contributed by atoms with Gasteiger partial charge in [-0.3, -0.25) is 0 Å². The number of aryl methyl sites for hydroxylation is 1. The van der Waals surface area contributed by atoms with Crippen LogP contribution in [-0.2, 0) is 5.75 Å². The Balaban J connectivity index is 1.78. The zero-order valence-corrected chi connectivity index (χ0v) is 12.7. The van der Waals surface area contributed by atoms with Gasteiger partial charge in [0.1, 0.15) is 5.76 Å². The SMILES string of the molecule is Cc1occc1-c1nnc(SCc2cccc(C#N)c2)n1N. The molecule has 1 aromatic carbocycles. The van der Waals surface area contributed by atoms with Crippen molar-refractivity contribution in [2.24, 2.45) is 0 Å². The van der Waals surface area contributed by atoms with E-state index in [2.05, 4.69) is 16.3 Å². The largest absolute Gasteiger partial charge is 0.469 e. The number of furan rings is 1. The van der Waals surface area contributed by atoms with Gasteiger partial charge in [-0.1, -0.05) is 23.9 Å². The number of aromatic nitrogens is 3. The minimum atomic E-state index is 0.569. The topological polar surface area (TPSA) is 93.7 Å². The van der Waals surface area contributed by atoms with Crippen molar-refractivity contribution in [3.63, 3.8) is 0 Å². The molecule has 3 rings (SSSR count). The summed E-state index contributed by atoms with van der Waals surface area (Å²) in [6, 6.07) is 11.4. The van der Waals surface area contributed by atoms with Crippen molar-refractivity contribution in [3.8, 4) is 17.5 Å². The molecule has 7 heteroatoms. The van der Waals surface area contributed by atoms with Gasteiger partial charge in [0.05, 0.1) is 23.5 Å². The molecule has 0 atom stereocenters. The lowest BCUT2D eigenvalue weighted by Crippen LogP contribution is -2.11. The van der Waals surface area contributed by atoms with E-state index in [-0.39, 0.29) is 0 Å². The fraction of sp³-hybridized carbons (Fsp3) is 0.133. The summed E-state index contributed by atoms with van der Waals surface area (Å²) in [5, 5.41) is 17.8. The zero-order valence-electron chi connectivity index (χ0n) is 11.9. The molecule has 0 amide bonds. The molecule has 0 spiro atoms. The van der Waals surface area contributed by atoms with Crippen LogP contribution in [-0.4, -0.2) is 14.9 Å². The second kappa shape index (κ2) is 5.95. The van der Waals surface area contributed by atoms with Gasteiger partial charge in [-0.05, 0) is 30.7 Å². The first-order valence-electron chi connectivity index (χ1n) is 6.56. The molecule has 2 aromatic heterocycles. The van der Waals surface area contributed by atoms with Gasteiger partial charge in [-0.15, -0.1) is 10.2 Å². The Labute approximate surface area is 131 Å². The molecule has 110 valence electrons. The first-order valence-corrected chi connectivity index (χ1v) is 7.54. The molecule has 6 nitrogen and oxygen atoms in total. The number of rotatable bonds is 4. The first-order chi connectivity index (χ1) is 10.7. The normalized spacial score (nSPS) is 10.5. The summed E-state index contributed by atoms with van der Waals surface area (Å²) in [6.07, 6.45) is 1.60. The van der Waals surface area contributed by atoms with Crippen molar-refractivity contribution in [3.05, 3.63) is 53.5 Å². The van der Waals surface area contributed by atoms with E-state index in [0.717, 1.165) is 16.9 Å². The van der Waals surface area contributed by atoms with Crippen LogP contribution in [0.2, 0.25) is 0 Å². The van der Waals surface area contributed by atoms with Crippen molar-refractivity contribution in [2.75, 3.05) is 5.84 Å². The van der Waals surface area contributed by atoms with Crippen LogP contribution in [0.1, 0.15) is 16.9 Å². The van der Waals surface area contributed by atoms with Crippen molar-refractivity contribution < 1.29 is 4.42 Å². The first kappa shape index (κ1) is 14.2. The van der Waals surface area contributed by atoms with Crippen LogP contribution in [0.3, 0.4) is 0 Å². The number of hydrogen-bond donors (Lipinski definition) is 1. The Kier molecular flexibility index (Phi) is 3.85. The molecule has 0 bridgehead atoms. The second-order valence-corrected chi connectivity index (χ2v) is 5.61. The van der Waals surface area contributed by atoms with E-state index in [1.54, 1.807) is 12.3 Å². The van der Waals surface area contributed by atoms with Crippen molar-refractivity contribution in [2.45, 2.75) is 17.8 Å². The van der Waals surface area contributed by atoms with Crippen LogP contribution in [0.15, 0.2) is 46.2 Å². The highest BCUT2D eigenvalue weighted by atomic mass is 32.2. The van der Waals surface area contributed by atoms with Gasteiger partial charge in [0.2, 0.25) is 5.16 Å². The summed E-state index contributed by atoms with van der Waals surface area (Å²) in [7, 11) is 0. The molecule has 0 aliphatic rings. The predicted octanol–water partition coefficient (Wildman–Crippen LogP) is 2.72. The summed E-state index contributed by atoms with van der Waals surface area (Å²) in [5.74, 6) is 8.04. The van der Waals surface area contributed by atoms with Crippen LogP contribution >= 0.6 is 11.8 Å². The Morgan fingerprint density at radius 2 is 2.23 bits per heavy atom. The van der Waals surface area contributed by atoms with E-state index in [4.69, 9.17) is 15.5 Å². The quantitative estimate of drug-likeness (QED) is 0.588. The van der Waals surface area contributed by atoms with Gasteiger partial charge in [0, 0.05) is 5.75 Å². The lowest BCUT2D eigenvalue weighted by atomic mass is 10.2. The van der Waals surface area contributed by atoms with Gasteiger partial charge >= 0.3 is 0 Å². The molecule has 0 saturated heterocycles. The Bertz CT molecular complexity index is 846. The standard InChI is InChI=1S/C15H13N5OS/c1-10-13(5-6-21-10)14-18-19-15(20(14)17)22-9-12-4-2-3-11(7-12)8-16/h2-7H,9,17H2,1H3. The summed E-state index contributed by atoms with van der Waals surface area (Å²) in [5.41, 5.74) is 2.50. The molecule has 0 unspecified atom stereocenters. The highest BCUT2D eigenvalue weighted by Crippen LogP contribution is 2.26. The fourth-order valence-electron chi connectivity index (χ4n) is 2.05. The molecular weight excluding hydrogens is 298 g/mol. The van der Waals surface area contributed by atoms with E-state index in [1.807, 2.05) is 31.2 Å². The third kappa shape index (κ3) is 2.69. The summed E-state index contributed by atoms with van der Waals surface area (Å²) in [4.78, 5) is 0. The van der Waals surface area contributed by atoms with Crippen LogP contribution in [0.4, 0.5) is 0 Å². The maximum atomic E-state index is 8.91. The molecule has 0 fully saturated rings. The third-order valence-electron chi connectivity index (χ3n) is 3.19. The number of nitriles is 1. The predicted molar refractivity (Wildman–Crippen MR) is 83.3 cm³/mol. The number of nitrogens with zero attached hydrogens (tertiary/aromatic N) is 4. The Hall–Kier alpha value is -2.72. The number of hydrogen-bond acceptors (Lipinski definition) is 6. The smallest absolute Gasteiger partial charge is 0.210 e. The van der Waals surface area contributed by atoms with Crippen molar-refractivity contribution in [1.29, 1.82) is 5.26 Å². The molecule has 0 radical (unpaired) electrons. The zero-order chi connectivity index (χ0) is 15.5. The molecule has 0 saturated carbocycles. The van der Waals surface area contributed by atoms with Crippen LogP contribution in [0, 0.1) is 18.3 Å². The fourth-order valence-corrected chi connectivity index (χ4v) is 2.85. The van der Waals surface area contributed by atoms with E-state index < -0.39 is 0 Å². The summed E-state index contributed by atoms with van der Waals surface area (Å²) >= 11 is 1.47. The Morgan fingerprint density at radius 3 is 2.95 bits per heavy atom. The lowest BCUT2D eigenvalue weighted by molar-refractivity contribution is 0.535. The molecular formula is C15H13N5OS. The van der Waals surface area contributed by atoms with Gasteiger partial charge in [0.15, 0.2) is 5.82 Å². The van der Waals surface area contributed by atoms with E-state index in [0.29, 0.717) is 22.3 Å². The summed E-state index contributed by atoms with van der Waals surface area (Å²) < 4.78 is 6.72. The van der Waals surface area contributed by atoms with Gasteiger partial charge in [-0.2, -0.15) is 5.26 Å². The number of benzene rings is 1. The molecule has 0 aliphatic carbocycles. The molecule has 0 aliphatic heterocycles. The molecule has 22 heavy (non-hydrogen) atoms. The van der Waals surface area contributed by atoms with E-state index in [1.165, 1.54) is 16.4 Å². The average molecular weight is 311 g/mol. The van der Waals surface area contributed by atoms with E-state index in [9.17, 15) is 0 Å². The lowest BCUT2D eigenvalue weighted by Gasteiger charge is -2.03. The second-order valence-electron chi connectivity index (χ2n) is 4.67. The van der Waals surface area contributed by atoms with Gasteiger partial charge < -0.3 is 10.3 Å². The highest BCUT2D eigenvalue weighted by Gasteiger charge is 2.15. The summed E-state index contributed by atoms with van der Waals surface area (Å²) in [6.45, 7) is 1.85. The van der Waals surface area contributed by atoms with E-state index >= 15 is 0 Å². The van der Waals surface area contributed by atoms with Gasteiger partial charge in [0.25, 0.3) is 0 Å². The van der Waals surface area contributed by atoms with Crippen LogP contribution in [0.5, 0.6) is 0 Å². The van der Waals surface area contributed by atoms with Crippen LogP contribution in [0.25, 0.3) is 11.4 Å². The molecule has 2 heterocycles. The van der Waals surface area contributed by atoms with Crippen molar-refractivity contribution in [1.82, 2.24) is 14.9 Å². The average Bonchev–Trinajstić information content (AvgIpc) is 3.11. The number of nitrogens with two attached hydrogens (primary N) is 1. The number of thioether (sulfide) groups is 1. The maximum absolute atomic E-state index is 8.91. The van der Waals surface area contributed by atoms with Crippen molar-refractivity contribution >= 4 is 11.8 Å². The monoisotopic (exact) mass is 311 g/mol. The minimum absolute atomic E-state index is 0.569. The van der Waals surface area contributed by atoms with Crippen LogP contribution < -0.4 is 5.84 Å². The maximum Gasteiger partial charge on any atom is 0.210 e. The molecule has 3 aromatic rings. The molecule has 2 N–H and O–H groups in total. The minimum Gasteiger partial charge on any atom is -0.469 e. The van der Waals surface area contributed by atoms with Gasteiger partial charge in [-0.25, -0.2) is 4.68 Å².